The standard InChI is InChI=1S/C16H15BrClN/c17-13-8-9-15(14(18)10-13)19-16(12-6-7-12)11-4-2-1-3-5-11/h1-5,8-10,12,16,19H,6-7H2. The van der Waals surface area contributed by atoms with Crippen LogP contribution in [0.1, 0.15) is 24.4 Å². The Hall–Kier alpha value is -0.990. The topological polar surface area (TPSA) is 12.0 Å². The summed E-state index contributed by atoms with van der Waals surface area (Å²) in [7, 11) is 0. The van der Waals surface area contributed by atoms with Gasteiger partial charge in [0.15, 0.2) is 0 Å². The van der Waals surface area contributed by atoms with Crippen LogP contribution >= 0.6 is 27.5 Å². The van der Waals surface area contributed by atoms with Crippen LogP contribution in [0.5, 0.6) is 0 Å². The van der Waals surface area contributed by atoms with Gasteiger partial charge in [0.25, 0.3) is 0 Å². The highest BCUT2D eigenvalue weighted by atomic mass is 79.9. The third-order valence-electron chi connectivity index (χ3n) is 3.49. The summed E-state index contributed by atoms with van der Waals surface area (Å²) in [5.41, 5.74) is 2.34. The molecule has 3 rings (SSSR count). The molecule has 2 aromatic carbocycles. The van der Waals surface area contributed by atoms with Gasteiger partial charge in [0.05, 0.1) is 16.8 Å². The minimum atomic E-state index is 0.361. The van der Waals surface area contributed by atoms with E-state index in [-0.39, 0.29) is 0 Å². The van der Waals surface area contributed by atoms with Crippen LogP contribution in [0.15, 0.2) is 53.0 Å². The number of benzene rings is 2. The highest BCUT2D eigenvalue weighted by molar-refractivity contribution is 9.10. The largest absolute Gasteiger partial charge is 0.377 e. The molecule has 1 aliphatic carbocycles. The van der Waals surface area contributed by atoms with Gasteiger partial charge in [0.2, 0.25) is 0 Å². The first kappa shape index (κ1) is 13.0. The van der Waals surface area contributed by atoms with Crippen molar-refractivity contribution in [2.75, 3.05) is 5.32 Å². The zero-order valence-corrected chi connectivity index (χ0v) is 12.8. The van der Waals surface area contributed by atoms with Gasteiger partial charge >= 0.3 is 0 Å². The lowest BCUT2D eigenvalue weighted by atomic mass is 10.0. The predicted molar refractivity (Wildman–Crippen MR) is 84.7 cm³/mol. The number of halogens is 2. The molecule has 1 aliphatic rings. The van der Waals surface area contributed by atoms with Crippen LogP contribution in [-0.4, -0.2) is 0 Å². The van der Waals surface area contributed by atoms with Crippen LogP contribution in [0.2, 0.25) is 5.02 Å². The van der Waals surface area contributed by atoms with Gasteiger partial charge in [0.1, 0.15) is 0 Å². The van der Waals surface area contributed by atoms with Crippen LogP contribution in [0.4, 0.5) is 5.69 Å². The average Bonchev–Trinajstić information content (AvgIpc) is 3.23. The van der Waals surface area contributed by atoms with Crippen LogP contribution in [-0.2, 0) is 0 Å². The van der Waals surface area contributed by atoms with E-state index in [1.54, 1.807) is 0 Å². The molecule has 1 nitrogen and oxygen atoms in total. The van der Waals surface area contributed by atoms with E-state index in [4.69, 9.17) is 11.6 Å². The van der Waals surface area contributed by atoms with Crippen molar-refractivity contribution in [3.05, 3.63) is 63.6 Å². The van der Waals surface area contributed by atoms with Crippen molar-refractivity contribution in [2.45, 2.75) is 18.9 Å². The Bertz CT molecular complexity index is 566. The van der Waals surface area contributed by atoms with E-state index < -0.39 is 0 Å². The maximum Gasteiger partial charge on any atom is 0.0648 e. The van der Waals surface area contributed by atoms with E-state index in [2.05, 4.69) is 51.6 Å². The van der Waals surface area contributed by atoms with Crippen LogP contribution in [0.3, 0.4) is 0 Å². The Morgan fingerprint density at radius 2 is 1.84 bits per heavy atom. The van der Waals surface area contributed by atoms with Gasteiger partial charge in [-0.3, -0.25) is 0 Å². The molecule has 0 bridgehead atoms. The summed E-state index contributed by atoms with van der Waals surface area (Å²) in [5, 5.41) is 4.36. The van der Waals surface area contributed by atoms with E-state index in [9.17, 15) is 0 Å². The zero-order chi connectivity index (χ0) is 13.2. The molecular formula is C16H15BrClN. The number of anilines is 1. The Morgan fingerprint density at radius 3 is 2.47 bits per heavy atom. The minimum Gasteiger partial charge on any atom is -0.377 e. The van der Waals surface area contributed by atoms with Crippen molar-refractivity contribution in [2.24, 2.45) is 5.92 Å². The molecule has 1 atom stereocenters. The van der Waals surface area contributed by atoms with E-state index in [0.29, 0.717) is 6.04 Å². The third-order valence-corrected chi connectivity index (χ3v) is 4.30. The fraction of sp³-hybridized carbons (Fsp3) is 0.250. The Labute approximate surface area is 127 Å². The van der Waals surface area contributed by atoms with Crippen LogP contribution in [0, 0.1) is 5.92 Å². The summed E-state index contributed by atoms with van der Waals surface area (Å²) in [4.78, 5) is 0. The van der Waals surface area contributed by atoms with Crippen molar-refractivity contribution in [3.63, 3.8) is 0 Å². The Balaban J connectivity index is 1.86. The van der Waals surface area contributed by atoms with Gasteiger partial charge in [-0.1, -0.05) is 57.9 Å². The quantitative estimate of drug-likeness (QED) is 0.759. The fourth-order valence-electron chi connectivity index (χ4n) is 2.34. The van der Waals surface area contributed by atoms with Gasteiger partial charge < -0.3 is 5.32 Å². The molecule has 0 radical (unpaired) electrons. The average molecular weight is 337 g/mol. The van der Waals surface area contributed by atoms with Crippen molar-refractivity contribution >= 4 is 33.2 Å². The maximum absolute atomic E-state index is 6.29. The van der Waals surface area contributed by atoms with E-state index in [0.717, 1.165) is 21.1 Å². The van der Waals surface area contributed by atoms with E-state index in [1.165, 1.54) is 18.4 Å². The number of rotatable bonds is 4. The molecule has 0 aromatic heterocycles. The lowest BCUT2D eigenvalue weighted by Gasteiger charge is -2.21. The molecule has 0 heterocycles. The molecule has 0 saturated heterocycles. The molecule has 19 heavy (non-hydrogen) atoms. The zero-order valence-electron chi connectivity index (χ0n) is 10.4. The first-order valence-corrected chi connectivity index (χ1v) is 7.67. The SMILES string of the molecule is Clc1cc(Br)ccc1NC(c1ccccc1)C1CC1. The molecule has 1 saturated carbocycles. The summed E-state index contributed by atoms with van der Waals surface area (Å²) in [6.07, 6.45) is 2.58. The number of hydrogen-bond donors (Lipinski definition) is 1. The molecule has 98 valence electrons. The summed E-state index contributed by atoms with van der Waals surface area (Å²) < 4.78 is 1.01. The smallest absolute Gasteiger partial charge is 0.0648 e. The molecule has 3 heteroatoms. The molecule has 0 amide bonds. The van der Waals surface area contributed by atoms with Gasteiger partial charge in [-0.25, -0.2) is 0 Å². The molecule has 0 spiro atoms. The second kappa shape index (κ2) is 5.56. The molecule has 1 unspecified atom stereocenters. The first-order valence-electron chi connectivity index (χ1n) is 6.50. The van der Waals surface area contributed by atoms with Crippen molar-refractivity contribution in [3.8, 4) is 0 Å². The summed E-state index contributed by atoms with van der Waals surface area (Å²) >= 11 is 9.73. The van der Waals surface area contributed by atoms with Crippen molar-refractivity contribution in [1.82, 2.24) is 0 Å². The third kappa shape index (κ3) is 3.13. The molecular weight excluding hydrogens is 322 g/mol. The second-order valence-electron chi connectivity index (χ2n) is 4.99. The predicted octanol–water partition coefficient (Wildman–Crippen LogP) is 5.67. The van der Waals surface area contributed by atoms with E-state index in [1.807, 2.05) is 18.2 Å². The lowest BCUT2D eigenvalue weighted by molar-refractivity contribution is 0.679. The summed E-state index contributed by atoms with van der Waals surface area (Å²) in [5.74, 6) is 0.724. The Morgan fingerprint density at radius 1 is 1.11 bits per heavy atom. The molecule has 0 aliphatic heterocycles. The maximum atomic E-state index is 6.29. The van der Waals surface area contributed by atoms with Gasteiger partial charge in [-0.15, -0.1) is 0 Å². The molecule has 2 aromatic rings. The van der Waals surface area contributed by atoms with Gasteiger partial charge in [-0.2, -0.15) is 0 Å². The monoisotopic (exact) mass is 335 g/mol. The first-order chi connectivity index (χ1) is 9.24. The minimum absolute atomic E-state index is 0.361. The van der Waals surface area contributed by atoms with Gasteiger partial charge in [-0.05, 0) is 42.5 Å². The van der Waals surface area contributed by atoms with Gasteiger partial charge in [0, 0.05) is 4.47 Å². The molecule has 1 fully saturated rings. The van der Waals surface area contributed by atoms with Crippen molar-refractivity contribution in [1.29, 1.82) is 0 Å². The second-order valence-corrected chi connectivity index (χ2v) is 6.32. The van der Waals surface area contributed by atoms with Crippen molar-refractivity contribution < 1.29 is 0 Å². The summed E-state index contributed by atoms with van der Waals surface area (Å²) in [6.45, 7) is 0. The Kier molecular flexibility index (Phi) is 3.81. The number of hydrogen-bond acceptors (Lipinski definition) is 1. The van der Waals surface area contributed by atoms with Crippen LogP contribution < -0.4 is 5.32 Å². The van der Waals surface area contributed by atoms with E-state index >= 15 is 0 Å². The molecule has 1 N–H and O–H groups in total. The normalized spacial score (nSPS) is 16.1. The summed E-state index contributed by atoms with van der Waals surface area (Å²) in [6, 6.07) is 16.9. The highest BCUT2D eigenvalue weighted by Gasteiger charge is 2.32. The van der Waals surface area contributed by atoms with Crippen LogP contribution in [0.25, 0.3) is 0 Å². The lowest BCUT2D eigenvalue weighted by Crippen LogP contribution is -2.13. The highest BCUT2D eigenvalue weighted by Crippen LogP contribution is 2.43. The fourth-order valence-corrected chi connectivity index (χ4v) is 3.07. The number of nitrogens with one attached hydrogen (secondary N) is 1.